The highest BCUT2D eigenvalue weighted by molar-refractivity contribution is 4.92. The predicted octanol–water partition coefficient (Wildman–Crippen LogP) is 1.79. The number of ether oxygens (including phenoxy) is 1. The van der Waals surface area contributed by atoms with Crippen molar-refractivity contribution in [1.29, 1.82) is 0 Å². The molecule has 0 aliphatic carbocycles. The standard InChI is InChI=1S/C10H21NO/c1-8(2)9(3)10(11)4-6-12-7-5-10/h8-9H,4-7,11H2,1-3H3. The Bertz CT molecular complexity index is 139. The summed E-state index contributed by atoms with van der Waals surface area (Å²) in [7, 11) is 0. The molecule has 0 amide bonds. The Morgan fingerprint density at radius 2 is 1.67 bits per heavy atom. The highest BCUT2D eigenvalue weighted by atomic mass is 16.5. The van der Waals surface area contributed by atoms with Gasteiger partial charge in [-0.2, -0.15) is 0 Å². The molecule has 1 aliphatic heterocycles. The Kier molecular flexibility index (Phi) is 3.13. The Labute approximate surface area is 75.5 Å². The van der Waals surface area contributed by atoms with Crippen molar-refractivity contribution in [2.45, 2.75) is 39.2 Å². The molecule has 1 aliphatic rings. The van der Waals surface area contributed by atoms with Crippen LogP contribution in [0.2, 0.25) is 0 Å². The van der Waals surface area contributed by atoms with Gasteiger partial charge in [-0.15, -0.1) is 0 Å². The molecule has 0 aromatic heterocycles. The molecule has 0 bridgehead atoms. The Morgan fingerprint density at radius 3 is 2.08 bits per heavy atom. The van der Waals surface area contributed by atoms with Gasteiger partial charge in [0.05, 0.1) is 0 Å². The lowest BCUT2D eigenvalue weighted by Gasteiger charge is -2.40. The topological polar surface area (TPSA) is 35.2 Å². The van der Waals surface area contributed by atoms with E-state index in [9.17, 15) is 0 Å². The van der Waals surface area contributed by atoms with Crippen LogP contribution in [0.3, 0.4) is 0 Å². The summed E-state index contributed by atoms with van der Waals surface area (Å²) in [6.07, 6.45) is 2.04. The molecular weight excluding hydrogens is 150 g/mol. The summed E-state index contributed by atoms with van der Waals surface area (Å²) < 4.78 is 5.31. The zero-order valence-electron chi connectivity index (χ0n) is 8.47. The summed E-state index contributed by atoms with van der Waals surface area (Å²) in [4.78, 5) is 0. The molecule has 1 fully saturated rings. The zero-order chi connectivity index (χ0) is 9.19. The molecular formula is C10H21NO. The van der Waals surface area contributed by atoms with Gasteiger partial charge in [0.1, 0.15) is 0 Å². The predicted molar refractivity (Wildman–Crippen MR) is 51.0 cm³/mol. The molecule has 72 valence electrons. The highest BCUT2D eigenvalue weighted by Gasteiger charge is 2.35. The van der Waals surface area contributed by atoms with E-state index in [1.807, 2.05) is 0 Å². The third kappa shape index (κ3) is 1.99. The molecule has 1 saturated heterocycles. The van der Waals surface area contributed by atoms with Crippen molar-refractivity contribution in [3.05, 3.63) is 0 Å². The van der Waals surface area contributed by atoms with Crippen LogP contribution in [-0.4, -0.2) is 18.8 Å². The van der Waals surface area contributed by atoms with E-state index < -0.39 is 0 Å². The molecule has 1 unspecified atom stereocenters. The highest BCUT2D eigenvalue weighted by Crippen LogP contribution is 2.30. The van der Waals surface area contributed by atoms with Gasteiger partial charge in [-0.1, -0.05) is 20.8 Å². The summed E-state index contributed by atoms with van der Waals surface area (Å²) in [5, 5.41) is 0. The fourth-order valence-corrected chi connectivity index (χ4v) is 1.87. The minimum absolute atomic E-state index is 0.0341. The van der Waals surface area contributed by atoms with E-state index >= 15 is 0 Å². The maximum atomic E-state index is 6.32. The van der Waals surface area contributed by atoms with Crippen molar-refractivity contribution < 1.29 is 4.74 Å². The quantitative estimate of drug-likeness (QED) is 0.687. The molecule has 0 saturated carbocycles. The molecule has 0 aromatic carbocycles. The zero-order valence-corrected chi connectivity index (χ0v) is 8.47. The normalized spacial score (nSPS) is 25.8. The van der Waals surface area contributed by atoms with E-state index in [0.717, 1.165) is 26.1 Å². The van der Waals surface area contributed by atoms with Gasteiger partial charge in [0.15, 0.2) is 0 Å². The van der Waals surface area contributed by atoms with Crippen molar-refractivity contribution in [2.75, 3.05) is 13.2 Å². The van der Waals surface area contributed by atoms with Gasteiger partial charge in [0, 0.05) is 18.8 Å². The number of rotatable bonds is 2. The molecule has 1 heterocycles. The summed E-state index contributed by atoms with van der Waals surface area (Å²) in [6.45, 7) is 8.43. The second kappa shape index (κ2) is 3.75. The van der Waals surface area contributed by atoms with Crippen LogP contribution in [-0.2, 0) is 4.74 Å². The van der Waals surface area contributed by atoms with Crippen LogP contribution in [0.15, 0.2) is 0 Å². The Morgan fingerprint density at radius 1 is 1.17 bits per heavy atom. The molecule has 2 nitrogen and oxygen atoms in total. The fraction of sp³-hybridized carbons (Fsp3) is 1.00. The molecule has 2 heteroatoms. The molecule has 0 spiro atoms. The lowest BCUT2D eigenvalue weighted by atomic mass is 9.74. The van der Waals surface area contributed by atoms with Gasteiger partial charge < -0.3 is 10.5 Å². The first-order valence-corrected chi connectivity index (χ1v) is 4.93. The summed E-state index contributed by atoms with van der Waals surface area (Å²) in [5.74, 6) is 1.27. The average Bonchev–Trinajstić information content (AvgIpc) is 2.04. The maximum absolute atomic E-state index is 6.32. The first kappa shape index (κ1) is 10.0. The van der Waals surface area contributed by atoms with E-state index in [1.54, 1.807) is 0 Å². The molecule has 2 N–H and O–H groups in total. The summed E-state index contributed by atoms with van der Waals surface area (Å²) >= 11 is 0. The van der Waals surface area contributed by atoms with E-state index in [2.05, 4.69) is 20.8 Å². The van der Waals surface area contributed by atoms with Crippen molar-refractivity contribution in [3.63, 3.8) is 0 Å². The number of hydrogen-bond donors (Lipinski definition) is 1. The first-order chi connectivity index (χ1) is 5.56. The smallest absolute Gasteiger partial charge is 0.0483 e. The van der Waals surface area contributed by atoms with Crippen LogP contribution in [0.4, 0.5) is 0 Å². The number of hydrogen-bond acceptors (Lipinski definition) is 2. The van der Waals surface area contributed by atoms with Crippen molar-refractivity contribution >= 4 is 0 Å². The van der Waals surface area contributed by atoms with Crippen LogP contribution < -0.4 is 5.73 Å². The van der Waals surface area contributed by atoms with Crippen molar-refractivity contribution in [2.24, 2.45) is 17.6 Å². The third-order valence-electron chi connectivity index (χ3n) is 3.33. The molecule has 0 radical (unpaired) electrons. The van der Waals surface area contributed by atoms with Gasteiger partial charge in [0.25, 0.3) is 0 Å². The average molecular weight is 171 g/mol. The van der Waals surface area contributed by atoms with E-state index in [-0.39, 0.29) is 5.54 Å². The van der Waals surface area contributed by atoms with Gasteiger partial charge in [-0.3, -0.25) is 0 Å². The first-order valence-electron chi connectivity index (χ1n) is 4.93. The summed E-state index contributed by atoms with van der Waals surface area (Å²) in [6, 6.07) is 0. The van der Waals surface area contributed by atoms with Crippen LogP contribution in [0.25, 0.3) is 0 Å². The Balaban J connectivity index is 2.56. The lowest BCUT2D eigenvalue weighted by molar-refractivity contribution is 0.0241. The SMILES string of the molecule is CC(C)C(C)C1(N)CCOCC1. The monoisotopic (exact) mass is 171 g/mol. The fourth-order valence-electron chi connectivity index (χ4n) is 1.87. The van der Waals surface area contributed by atoms with Crippen molar-refractivity contribution in [1.82, 2.24) is 0 Å². The van der Waals surface area contributed by atoms with Crippen LogP contribution in [0, 0.1) is 11.8 Å². The molecule has 1 atom stereocenters. The minimum atomic E-state index is 0.0341. The third-order valence-corrected chi connectivity index (χ3v) is 3.33. The molecule has 12 heavy (non-hydrogen) atoms. The van der Waals surface area contributed by atoms with Gasteiger partial charge in [-0.25, -0.2) is 0 Å². The van der Waals surface area contributed by atoms with Crippen LogP contribution in [0.1, 0.15) is 33.6 Å². The van der Waals surface area contributed by atoms with E-state index in [4.69, 9.17) is 10.5 Å². The number of nitrogens with two attached hydrogens (primary N) is 1. The van der Waals surface area contributed by atoms with Crippen molar-refractivity contribution in [3.8, 4) is 0 Å². The minimum Gasteiger partial charge on any atom is -0.381 e. The largest absolute Gasteiger partial charge is 0.381 e. The van der Waals surface area contributed by atoms with Gasteiger partial charge in [-0.05, 0) is 24.7 Å². The van der Waals surface area contributed by atoms with E-state index in [0.29, 0.717) is 11.8 Å². The van der Waals surface area contributed by atoms with Gasteiger partial charge >= 0.3 is 0 Å². The van der Waals surface area contributed by atoms with E-state index in [1.165, 1.54) is 0 Å². The lowest BCUT2D eigenvalue weighted by Crippen LogP contribution is -2.51. The maximum Gasteiger partial charge on any atom is 0.0483 e. The van der Waals surface area contributed by atoms with Crippen LogP contribution >= 0.6 is 0 Å². The second-order valence-electron chi connectivity index (χ2n) is 4.38. The van der Waals surface area contributed by atoms with Gasteiger partial charge in [0.2, 0.25) is 0 Å². The Hall–Kier alpha value is -0.0800. The van der Waals surface area contributed by atoms with Crippen LogP contribution in [0.5, 0.6) is 0 Å². The molecule has 1 rings (SSSR count). The summed E-state index contributed by atoms with van der Waals surface area (Å²) in [5.41, 5.74) is 6.36. The second-order valence-corrected chi connectivity index (χ2v) is 4.38. The molecule has 0 aromatic rings.